The normalized spacial score (nSPS) is 11.1. The molecule has 0 aliphatic heterocycles. The Labute approximate surface area is 241 Å². The standard InChI is InChI=1S/C36H24S3/c1-4-34(37-19-1)28-13-7-25(8-14-28)31-22-32(26-9-15-29(16-10-26)35-5-2-20-38-35)24-33(23-31)27-11-17-30(18-12-27)36-6-3-21-39-36/h1-24H. The highest BCUT2D eigenvalue weighted by molar-refractivity contribution is 7.14. The van der Waals surface area contributed by atoms with Crippen LogP contribution in [0.5, 0.6) is 0 Å². The molecule has 0 N–H and O–H groups in total. The third-order valence-electron chi connectivity index (χ3n) is 7.00. The summed E-state index contributed by atoms with van der Waals surface area (Å²) in [5.41, 5.74) is 11.1. The van der Waals surface area contributed by atoms with Crippen LogP contribution in [0.2, 0.25) is 0 Å². The molecule has 0 bridgehead atoms. The second-order valence-electron chi connectivity index (χ2n) is 9.46. The molecule has 0 radical (unpaired) electrons. The van der Waals surface area contributed by atoms with Gasteiger partial charge in [0.15, 0.2) is 0 Å². The highest BCUT2D eigenvalue weighted by Gasteiger charge is 2.10. The molecule has 3 heterocycles. The minimum absolute atomic E-state index is 1.23. The van der Waals surface area contributed by atoms with E-state index in [9.17, 15) is 0 Å². The molecule has 0 unspecified atom stereocenters. The summed E-state index contributed by atoms with van der Waals surface area (Å²) in [6, 6.07) is 46.7. The maximum atomic E-state index is 2.32. The molecule has 0 atom stereocenters. The van der Waals surface area contributed by atoms with Crippen LogP contribution in [0.4, 0.5) is 0 Å². The molecule has 0 aliphatic rings. The van der Waals surface area contributed by atoms with Gasteiger partial charge in [0.05, 0.1) is 0 Å². The molecule has 0 nitrogen and oxygen atoms in total. The Morgan fingerprint density at radius 2 is 0.513 bits per heavy atom. The van der Waals surface area contributed by atoms with Crippen molar-refractivity contribution in [2.75, 3.05) is 0 Å². The van der Waals surface area contributed by atoms with Crippen molar-refractivity contribution in [2.24, 2.45) is 0 Å². The zero-order valence-electron chi connectivity index (χ0n) is 21.1. The van der Waals surface area contributed by atoms with E-state index < -0.39 is 0 Å². The Balaban J connectivity index is 1.30. The summed E-state index contributed by atoms with van der Waals surface area (Å²) in [7, 11) is 0. The van der Waals surface area contributed by atoms with Crippen LogP contribution in [0.3, 0.4) is 0 Å². The predicted octanol–water partition coefficient (Wildman–Crippen LogP) is 11.9. The van der Waals surface area contributed by atoms with E-state index in [0.29, 0.717) is 0 Å². The van der Waals surface area contributed by atoms with E-state index in [-0.39, 0.29) is 0 Å². The van der Waals surface area contributed by atoms with Crippen LogP contribution >= 0.6 is 34.0 Å². The van der Waals surface area contributed by atoms with Gasteiger partial charge in [-0.1, -0.05) is 91.0 Å². The predicted molar refractivity (Wildman–Crippen MR) is 173 cm³/mol. The van der Waals surface area contributed by atoms with Crippen molar-refractivity contribution in [2.45, 2.75) is 0 Å². The first-order valence-electron chi connectivity index (χ1n) is 12.9. The summed E-state index contributed by atoms with van der Waals surface area (Å²) in [4.78, 5) is 3.90. The lowest BCUT2D eigenvalue weighted by Gasteiger charge is -2.12. The summed E-state index contributed by atoms with van der Waals surface area (Å²) in [6.45, 7) is 0. The van der Waals surface area contributed by atoms with Gasteiger partial charge in [0, 0.05) is 14.6 Å². The molecule has 186 valence electrons. The lowest BCUT2D eigenvalue weighted by atomic mass is 9.92. The van der Waals surface area contributed by atoms with Gasteiger partial charge in [-0.05, 0) is 103 Å². The minimum Gasteiger partial charge on any atom is -0.144 e. The molecule has 39 heavy (non-hydrogen) atoms. The molecule has 7 rings (SSSR count). The Morgan fingerprint density at radius 1 is 0.256 bits per heavy atom. The van der Waals surface area contributed by atoms with E-state index in [1.54, 1.807) is 34.0 Å². The van der Waals surface area contributed by atoms with E-state index in [0.717, 1.165) is 0 Å². The number of hydrogen-bond acceptors (Lipinski definition) is 3. The summed E-state index contributed by atoms with van der Waals surface area (Å²) < 4.78 is 0. The van der Waals surface area contributed by atoms with Crippen molar-refractivity contribution in [1.82, 2.24) is 0 Å². The van der Waals surface area contributed by atoms with Gasteiger partial charge < -0.3 is 0 Å². The van der Waals surface area contributed by atoms with Crippen LogP contribution in [0.25, 0.3) is 64.7 Å². The van der Waals surface area contributed by atoms with Crippen LogP contribution in [-0.4, -0.2) is 0 Å². The Hall–Kier alpha value is -4.02. The minimum atomic E-state index is 1.23. The van der Waals surface area contributed by atoms with Gasteiger partial charge in [-0.15, -0.1) is 34.0 Å². The average molecular weight is 553 g/mol. The highest BCUT2D eigenvalue weighted by Crippen LogP contribution is 2.36. The molecule has 0 spiro atoms. The van der Waals surface area contributed by atoms with E-state index in [1.807, 2.05) is 0 Å². The average Bonchev–Trinajstić information content (AvgIpc) is 3.82. The maximum absolute atomic E-state index is 2.32. The van der Waals surface area contributed by atoms with Gasteiger partial charge in [0.25, 0.3) is 0 Å². The van der Waals surface area contributed by atoms with Gasteiger partial charge in [-0.2, -0.15) is 0 Å². The van der Waals surface area contributed by atoms with Crippen molar-refractivity contribution in [1.29, 1.82) is 0 Å². The lowest BCUT2D eigenvalue weighted by molar-refractivity contribution is 1.56. The van der Waals surface area contributed by atoms with E-state index >= 15 is 0 Å². The topological polar surface area (TPSA) is 0 Å². The second-order valence-corrected chi connectivity index (χ2v) is 12.3. The first-order chi connectivity index (χ1) is 19.3. The monoisotopic (exact) mass is 552 g/mol. The molecule has 0 fully saturated rings. The highest BCUT2D eigenvalue weighted by atomic mass is 32.1. The number of benzene rings is 4. The zero-order chi connectivity index (χ0) is 26.0. The fraction of sp³-hybridized carbons (Fsp3) is 0. The van der Waals surface area contributed by atoms with E-state index in [1.165, 1.54) is 64.7 Å². The van der Waals surface area contributed by atoms with Crippen molar-refractivity contribution in [3.8, 4) is 64.7 Å². The molecule has 3 aromatic heterocycles. The third kappa shape index (κ3) is 5.05. The van der Waals surface area contributed by atoms with Gasteiger partial charge in [0.2, 0.25) is 0 Å². The van der Waals surface area contributed by atoms with Crippen molar-refractivity contribution in [3.63, 3.8) is 0 Å². The fourth-order valence-electron chi connectivity index (χ4n) is 4.94. The molecule has 3 heteroatoms. The third-order valence-corrected chi connectivity index (χ3v) is 9.76. The van der Waals surface area contributed by atoms with Crippen LogP contribution in [-0.2, 0) is 0 Å². The number of rotatable bonds is 6. The summed E-state index contributed by atoms with van der Waals surface area (Å²) >= 11 is 5.34. The van der Waals surface area contributed by atoms with Crippen LogP contribution in [0.1, 0.15) is 0 Å². The van der Waals surface area contributed by atoms with Crippen LogP contribution in [0, 0.1) is 0 Å². The van der Waals surface area contributed by atoms with Gasteiger partial charge in [-0.3, -0.25) is 0 Å². The summed E-state index contributed by atoms with van der Waals surface area (Å²) in [6.07, 6.45) is 0. The molecule has 4 aromatic carbocycles. The van der Waals surface area contributed by atoms with Crippen molar-refractivity contribution >= 4 is 34.0 Å². The maximum Gasteiger partial charge on any atom is 0.0342 e. The molecule has 0 saturated heterocycles. The lowest BCUT2D eigenvalue weighted by Crippen LogP contribution is -1.87. The Bertz CT molecular complexity index is 1560. The number of thiophene rings is 3. The first kappa shape index (κ1) is 24.1. The molecule has 0 amide bonds. The van der Waals surface area contributed by atoms with Crippen molar-refractivity contribution < 1.29 is 0 Å². The van der Waals surface area contributed by atoms with Gasteiger partial charge >= 0.3 is 0 Å². The zero-order valence-corrected chi connectivity index (χ0v) is 23.5. The van der Waals surface area contributed by atoms with Gasteiger partial charge in [-0.25, -0.2) is 0 Å². The molecule has 7 aromatic rings. The Morgan fingerprint density at radius 3 is 0.744 bits per heavy atom. The van der Waals surface area contributed by atoms with E-state index in [4.69, 9.17) is 0 Å². The summed E-state index contributed by atoms with van der Waals surface area (Å²) in [5.74, 6) is 0. The quantitative estimate of drug-likeness (QED) is 0.192. The molecule has 0 saturated carbocycles. The number of hydrogen-bond donors (Lipinski definition) is 0. The molecular weight excluding hydrogens is 529 g/mol. The van der Waals surface area contributed by atoms with E-state index in [2.05, 4.69) is 144 Å². The van der Waals surface area contributed by atoms with Crippen LogP contribution in [0.15, 0.2) is 144 Å². The Kier molecular flexibility index (Phi) is 6.55. The largest absolute Gasteiger partial charge is 0.144 e. The fourth-order valence-corrected chi connectivity index (χ4v) is 7.14. The summed E-state index contributed by atoms with van der Waals surface area (Å²) in [5, 5.41) is 6.39. The van der Waals surface area contributed by atoms with Crippen LogP contribution < -0.4 is 0 Å². The smallest absolute Gasteiger partial charge is 0.0342 e. The first-order valence-corrected chi connectivity index (χ1v) is 15.5. The van der Waals surface area contributed by atoms with Crippen molar-refractivity contribution in [3.05, 3.63) is 144 Å². The molecular formula is C36H24S3. The second kappa shape index (κ2) is 10.6. The van der Waals surface area contributed by atoms with Gasteiger partial charge in [0.1, 0.15) is 0 Å². The molecule has 0 aliphatic carbocycles. The SMILES string of the molecule is c1csc(-c2ccc(-c3cc(-c4ccc(-c5cccs5)cc4)cc(-c4ccc(-c5cccs5)cc4)c3)cc2)c1.